The third-order valence-corrected chi connectivity index (χ3v) is 1.82. The number of carbonyl (C=O) groups is 2. The van der Waals surface area contributed by atoms with Gasteiger partial charge in [0.2, 0.25) is 0 Å². The molecule has 5 heteroatoms. The van der Waals surface area contributed by atoms with E-state index in [4.69, 9.17) is 9.47 Å². The third-order valence-electron chi connectivity index (χ3n) is 1.82. The van der Waals surface area contributed by atoms with E-state index in [1.807, 2.05) is 6.92 Å². The summed E-state index contributed by atoms with van der Waals surface area (Å²) in [6.07, 6.45) is -0.0412. The van der Waals surface area contributed by atoms with Gasteiger partial charge in [-0.25, -0.2) is 4.79 Å². The van der Waals surface area contributed by atoms with Crippen LogP contribution in [0, 0.1) is 0 Å². The lowest BCUT2D eigenvalue weighted by Crippen LogP contribution is -2.28. The second-order valence-corrected chi connectivity index (χ2v) is 3.65. The van der Waals surface area contributed by atoms with Gasteiger partial charge in [0, 0.05) is 6.92 Å². The number of hydrogen-bond acceptors (Lipinski definition) is 5. The van der Waals surface area contributed by atoms with Crippen molar-refractivity contribution in [1.29, 1.82) is 0 Å². The monoisotopic (exact) mass is 218 g/mol. The molecule has 0 bridgehead atoms. The molecule has 0 aliphatic carbocycles. The molecule has 88 valence electrons. The second-order valence-electron chi connectivity index (χ2n) is 3.65. The summed E-state index contributed by atoms with van der Waals surface area (Å²) < 4.78 is 14.3. The predicted molar refractivity (Wildman–Crippen MR) is 53.4 cm³/mol. The van der Waals surface area contributed by atoms with Crippen molar-refractivity contribution >= 4 is 12.1 Å². The van der Waals surface area contributed by atoms with Crippen LogP contribution in [0.25, 0.3) is 0 Å². The molecule has 0 N–H and O–H groups in total. The lowest BCUT2D eigenvalue weighted by Gasteiger charge is -2.22. The fraction of sp³-hybridized carbons (Fsp3) is 0.800. The maximum absolute atomic E-state index is 11.1. The van der Waals surface area contributed by atoms with E-state index in [1.54, 1.807) is 13.8 Å². The molecule has 0 rings (SSSR count). The van der Waals surface area contributed by atoms with E-state index in [1.165, 1.54) is 6.92 Å². The molecule has 0 aromatic heterocycles. The number of esters is 1. The lowest BCUT2D eigenvalue weighted by atomic mass is 10.1. The summed E-state index contributed by atoms with van der Waals surface area (Å²) in [5.74, 6) is -0.402. The minimum absolute atomic E-state index is 0.0121. The Bertz CT molecular complexity index is 222. The Kier molecular flexibility index (Phi) is 5.74. The normalized spacial score (nSPS) is 10.7. The number of carbonyl (C=O) groups excluding carboxylic acids is 2. The number of hydrogen-bond donors (Lipinski definition) is 0. The van der Waals surface area contributed by atoms with Crippen LogP contribution in [0.2, 0.25) is 0 Å². The second kappa shape index (κ2) is 6.27. The van der Waals surface area contributed by atoms with Crippen molar-refractivity contribution in [1.82, 2.24) is 0 Å². The predicted octanol–water partition coefficient (Wildman–Crippen LogP) is 1.89. The summed E-state index contributed by atoms with van der Waals surface area (Å²) in [5.41, 5.74) is -0.529. The topological polar surface area (TPSA) is 61.8 Å². The summed E-state index contributed by atoms with van der Waals surface area (Å²) in [7, 11) is 0. The molecule has 0 aliphatic heterocycles. The van der Waals surface area contributed by atoms with Crippen LogP contribution < -0.4 is 0 Å². The van der Waals surface area contributed by atoms with Gasteiger partial charge in [-0.1, -0.05) is 6.92 Å². The Balaban J connectivity index is 3.62. The molecule has 0 saturated heterocycles. The number of rotatable bonds is 5. The van der Waals surface area contributed by atoms with E-state index in [-0.39, 0.29) is 13.2 Å². The van der Waals surface area contributed by atoms with Gasteiger partial charge >= 0.3 is 12.1 Å². The Labute approximate surface area is 89.7 Å². The smallest absolute Gasteiger partial charge is 0.462 e. The molecule has 0 saturated carbocycles. The molecule has 0 aromatic rings. The van der Waals surface area contributed by atoms with E-state index in [2.05, 4.69) is 4.74 Å². The van der Waals surface area contributed by atoms with Crippen molar-refractivity contribution in [3.8, 4) is 0 Å². The largest absolute Gasteiger partial charge is 0.508 e. The van der Waals surface area contributed by atoms with Crippen molar-refractivity contribution in [2.24, 2.45) is 0 Å². The zero-order valence-corrected chi connectivity index (χ0v) is 9.66. The first-order valence-corrected chi connectivity index (χ1v) is 4.86. The van der Waals surface area contributed by atoms with E-state index < -0.39 is 17.7 Å². The van der Waals surface area contributed by atoms with Crippen molar-refractivity contribution in [2.45, 2.75) is 39.7 Å². The molecule has 0 aromatic carbocycles. The van der Waals surface area contributed by atoms with Gasteiger partial charge in [0.25, 0.3) is 0 Å². The summed E-state index contributed by atoms with van der Waals surface area (Å²) in [6.45, 7) is 6.85. The van der Waals surface area contributed by atoms with E-state index in [0.29, 0.717) is 6.42 Å². The average molecular weight is 218 g/mol. The third kappa shape index (κ3) is 7.78. The van der Waals surface area contributed by atoms with E-state index >= 15 is 0 Å². The van der Waals surface area contributed by atoms with Gasteiger partial charge in [-0.3, -0.25) is 4.79 Å². The van der Waals surface area contributed by atoms with Crippen molar-refractivity contribution < 1.29 is 23.8 Å². The van der Waals surface area contributed by atoms with Gasteiger partial charge < -0.3 is 14.2 Å². The minimum atomic E-state index is -0.742. The molecule has 15 heavy (non-hydrogen) atoms. The summed E-state index contributed by atoms with van der Waals surface area (Å²) in [4.78, 5) is 21.4. The Hall–Kier alpha value is -1.26. The van der Waals surface area contributed by atoms with Crippen molar-refractivity contribution in [2.75, 3.05) is 13.2 Å². The maximum Gasteiger partial charge on any atom is 0.508 e. The molecule has 0 atom stereocenters. The highest BCUT2D eigenvalue weighted by Crippen LogP contribution is 2.14. The van der Waals surface area contributed by atoms with Gasteiger partial charge in [0.15, 0.2) is 0 Å². The zero-order chi connectivity index (χ0) is 11.9. The van der Waals surface area contributed by atoms with Crippen LogP contribution in [-0.4, -0.2) is 30.9 Å². The van der Waals surface area contributed by atoms with Crippen LogP contribution in [0.4, 0.5) is 4.79 Å². The summed E-state index contributed by atoms with van der Waals surface area (Å²) in [5, 5.41) is 0. The molecule has 5 nitrogen and oxygen atoms in total. The standard InChI is InChI=1S/C10H18O5/c1-5-10(3,4)15-9(12)14-7-6-13-8(2)11/h5-7H2,1-4H3. The van der Waals surface area contributed by atoms with E-state index in [9.17, 15) is 9.59 Å². The first kappa shape index (κ1) is 13.7. The average Bonchev–Trinajstić information content (AvgIpc) is 2.11. The SMILES string of the molecule is CCC(C)(C)OC(=O)OCCOC(C)=O. The van der Waals surface area contributed by atoms with Gasteiger partial charge in [-0.15, -0.1) is 0 Å². The Morgan fingerprint density at radius 3 is 2.13 bits per heavy atom. The van der Waals surface area contributed by atoms with Gasteiger partial charge in [-0.2, -0.15) is 0 Å². The molecule has 0 spiro atoms. The van der Waals surface area contributed by atoms with Crippen LogP contribution in [0.3, 0.4) is 0 Å². The van der Waals surface area contributed by atoms with Gasteiger partial charge in [-0.05, 0) is 20.3 Å². The minimum Gasteiger partial charge on any atom is -0.462 e. The summed E-state index contributed by atoms with van der Waals surface area (Å²) in [6, 6.07) is 0. The Morgan fingerprint density at radius 1 is 1.13 bits per heavy atom. The zero-order valence-electron chi connectivity index (χ0n) is 9.66. The van der Waals surface area contributed by atoms with Crippen LogP contribution in [0.1, 0.15) is 34.1 Å². The van der Waals surface area contributed by atoms with Crippen molar-refractivity contribution in [3.63, 3.8) is 0 Å². The fourth-order valence-electron chi connectivity index (χ4n) is 0.638. The van der Waals surface area contributed by atoms with Crippen LogP contribution >= 0.6 is 0 Å². The Morgan fingerprint density at radius 2 is 1.67 bits per heavy atom. The quantitative estimate of drug-likeness (QED) is 0.521. The van der Waals surface area contributed by atoms with Crippen LogP contribution in [0.15, 0.2) is 0 Å². The highest BCUT2D eigenvalue weighted by Gasteiger charge is 2.21. The molecular weight excluding hydrogens is 200 g/mol. The lowest BCUT2D eigenvalue weighted by molar-refractivity contribution is -0.142. The summed E-state index contributed by atoms with van der Waals surface area (Å²) >= 11 is 0. The first-order valence-electron chi connectivity index (χ1n) is 4.86. The molecule has 0 amide bonds. The van der Waals surface area contributed by atoms with Crippen LogP contribution in [0.5, 0.6) is 0 Å². The molecule has 0 fully saturated rings. The molecule has 0 radical (unpaired) electrons. The maximum atomic E-state index is 11.1. The molecule has 0 unspecified atom stereocenters. The van der Waals surface area contributed by atoms with Crippen molar-refractivity contribution in [3.05, 3.63) is 0 Å². The number of ether oxygens (including phenoxy) is 3. The van der Waals surface area contributed by atoms with Gasteiger partial charge in [0.05, 0.1) is 0 Å². The van der Waals surface area contributed by atoms with Crippen LogP contribution in [-0.2, 0) is 19.0 Å². The highest BCUT2D eigenvalue weighted by molar-refractivity contribution is 5.65. The van der Waals surface area contributed by atoms with Gasteiger partial charge in [0.1, 0.15) is 18.8 Å². The molecular formula is C10H18O5. The fourth-order valence-corrected chi connectivity index (χ4v) is 0.638. The molecule has 0 heterocycles. The highest BCUT2D eigenvalue weighted by atomic mass is 16.7. The first-order chi connectivity index (χ1) is 6.87. The molecule has 0 aliphatic rings. The van der Waals surface area contributed by atoms with E-state index in [0.717, 1.165) is 0 Å².